The molecule has 2 rings (SSSR count). The highest BCUT2D eigenvalue weighted by molar-refractivity contribution is 5.81. The minimum atomic E-state index is -0.0306. The first-order chi connectivity index (χ1) is 8.58. The van der Waals surface area contributed by atoms with E-state index in [-0.39, 0.29) is 24.2 Å². The molecule has 1 N–H and O–H groups in total. The van der Waals surface area contributed by atoms with E-state index in [2.05, 4.69) is 24.1 Å². The summed E-state index contributed by atoms with van der Waals surface area (Å²) >= 11 is 0. The molecule has 0 radical (unpaired) electrons. The van der Waals surface area contributed by atoms with Crippen LogP contribution < -0.4 is 5.32 Å². The van der Waals surface area contributed by atoms with Crippen molar-refractivity contribution in [3.05, 3.63) is 0 Å². The molecule has 2 aliphatic rings. The molecule has 1 amide bonds. The van der Waals surface area contributed by atoms with E-state index in [1.807, 2.05) is 11.8 Å². The third kappa shape index (κ3) is 3.22. The quantitative estimate of drug-likeness (QED) is 0.749. The summed E-state index contributed by atoms with van der Waals surface area (Å²) in [6, 6.07) is -0.0306. The third-order valence-electron chi connectivity index (χ3n) is 3.78. The van der Waals surface area contributed by atoms with Gasteiger partial charge in [0.15, 0.2) is 0 Å². The van der Waals surface area contributed by atoms with Crippen molar-refractivity contribution in [2.24, 2.45) is 0 Å². The van der Waals surface area contributed by atoms with Crippen molar-refractivity contribution in [1.29, 1.82) is 0 Å². The summed E-state index contributed by atoms with van der Waals surface area (Å²) in [5.41, 5.74) is 0. The maximum atomic E-state index is 12.4. The lowest BCUT2D eigenvalue weighted by Gasteiger charge is -2.40. The molecule has 2 aliphatic heterocycles. The number of hydrogen-bond acceptors (Lipinski definition) is 4. The number of nitrogens with zero attached hydrogens (tertiary/aromatic N) is 2. The zero-order chi connectivity index (χ0) is 13.1. The van der Waals surface area contributed by atoms with E-state index < -0.39 is 0 Å². The summed E-state index contributed by atoms with van der Waals surface area (Å²) < 4.78 is 5.72. The van der Waals surface area contributed by atoms with Crippen LogP contribution in [0.25, 0.3) is 0 Å². The van der Waals surface area contributed by atoms with Crippen molar-refractivity contribution in [1.82, 2.24) is 15.1 Å². The Bertz CT molecular complexity index is 282. The average Bonchev–Trinajstić information content (AvgIpc) is 2.37. The zero-order valence-corrected chi connectivity index (χ0v) is 11.7. The van der Waals surface area contributed by atoms with E-state index in [0.717, 1.165) is 39.3 Å². The Morgan fingerprint density at radius 1 is 1.22 bits per heavy atom. The second-order valence-corrected chi connectivity index (χ2v) is 5.46. The van der Waals surface area contributed by atoms with Crippen LogP contribution in [0.5, 0.6) is 0 Å². The van der Waals surface area contributed by atoms with Crippen molar-refractivity contribution >= 4 is 5.91 Å². The van der Waals surface area contributed by atoms with E-state index in [1.165, 1.54) is 0 Å². The zero-order valence-electron chi connectivity index (χ0n) is 11.7. The van der Waals surface area contributed by atoms with Gasteiger partial charge in [-0.05, 0) is 20.8 Å². The van der Waals surface area contributed by atoms with Crippen molar-refractivity contribution in [2.75, 3.05) is 39.3 Å². The molecule has 104 valence electrons. The van der Waals surface area contributed by atoms with Gasteiger partial charge >= 0.3 is 0 Å². The second kappa shape index (κ2) is 5.99. The Labute approximate surface area is 109 Å². The lowest BCUT2D eigenvalue weighted by Crippen LogP contribution is -2.57. The summed E-state index contributed by atoms with van der Waals surface area (Å²) in [5, 5.41) is 3.27. The molecule has 1 unspecified atom stereocenters. The third-order valence-corrected chi connectivity index (χ3v) is 3.78. The molecule has 0 bridgehead atoms. The standard InChI is InChI=1S/C13H25N3O2/c1-10-8-16(9-11(2)18-10)12(3)13(17)15-6-4-14-5-7-15/h10-12,14H,4-9H2,1-3H3/t10-,11+,12?. The van der Waals surface area contributed by atoms with Gasteiger partial charge in [-0.2, -0.15) is 0 Å². The molecule has 18 heavy (non-hydrogen) atoms. The minimum Gasteiger partial charge on any atom is -0.373 e. The van der Waals surface area contributed by atoms with Crippen molar-refractivity contribution < 1.29 is 9.53 Å². The van der Waals surface area contributed by atoms with Gasteiger partial charge in [-0.3, -0.25) is 9.69 Å². The first-order valence-electron chi connectivity index (χ1n) is 6.97. The van der Waals surface area contributed by atoms with E-state index >= 15 is 0 Å². The topological polar surface area (TPSA) is 44.8 Å². The van der Waals surface area contributed by atoms with Gasteiger partial charge < -0.3 is 15.0 Å². The van der Waals surface area contributed by atoms with E-state index in [4.69, 9.17) is 4.74 Å². The van der Waals surface area contributed by atoms with Crippen molar-refractivity contribution in [3.63, 3.8) is 0 Å². The number of ether oxygens (including phenoxy) is 1. The Morgan fingerprint density at radius 2 is 1.78 bits per heavy atom. The SMILES string of the molecule is CC(C(=O)N1CCNCC1)N1C[C@@H](C)O[C@@H](C)C1. The number of piperazine rings is 1. The molecule has 0 aromatic rings. The van der Waals surface area contributed by atoms with Crippen LogP contribution in [0.2, 0.25) is 0 Å². The van der Waals surface area contributed by atoms with Crippen LogP contribution in [0.4, 0.5) is 0 Å². The molecule has 0 aromatic carbocycles. The number of amides is 1. The predicted molar refractivity (Wildman–Crippen MR) is 70.5 cm³/mol. The van der Waals surface area contributed by atoms with E-state index in [9.17, 15) is 4.79 Å². The Balaban J connectivity index is 1.92. The number of carbonyl (C=O) groups is 1. The molecule has 0 saturated carbocycles. The normalized spacial score (nSPS) is 32.3. The molecule has 0 spiro atoms. The fourth-order valence-corrected chi connectivity index (χ4v) is 2.84. The van der Waals surface area contributed by atoms with Crippen LogP contribution >= 0.6 is 0 Å². The number of rotatable bonds is 2. The maximum absolute atomic E-state index is 12.4. The summed E-state index contributed by atoms with van der Waals surface area (Å²) in [4.78, 5) is 16.7. The molecular formula is C13H25N3O2. The Kier molecular flexibility index (Phi) is 4.59. The van der Waals surface area contributed by atoms with Gasteiger partial charge in [0.2, 0.25) is 5.91 Å². The van der Waals surface area contributed by atoms with Gasteiger partial charge in [-0.1, -0.05) is 0 Å². The highest BCUT2D eigenvalue weighted by Crippen LogP contribution is 2.15. The van der Waals surface area contributed by atoms with Crippen LogP contribution in [0.3, 0.4) is 0 Å². The fraction of sp³-hybridized carbons (Fsp3) is 0.923. The minimum absolute atomic E-state index is 0.0306. The predicted octanol–water partition coefficient (Wildman–Crippen LogP) is -0.0841. The van der Waals surface area contributed by atoms with Crippen LogP contribution in [-0.4, -0.2) is 73.2 Å². The van der Waals surface area contributed by atoms with Crippen LogP contribution in [0.1, 0.15) is 20.8 Å². The molecule has 2 saturated heterocycles. The van der Waals surface area contributed by atoms with Gasteiger partial charge in [0, 0.05) is 39.3 Å². The average molecular weight is 255 g/mol. The number of hydrogen-bond donors (Lipinski definition) is 1. The van der Waals surface area contributed by atoms with Gasteiger partial charge in [0.1, 0.15) is 0 Å². The van der Waals surface area contributed by atoms with Gasteiger partial charge in [0.05, 0.1) is 18.2 Å². The maximum Gasteiger partial charge on any atom is 0.239 e. The molecule has 5 heteroatoms. The molecule has 0 aromatic heterocycles. The monoisotopic (exact) mass is 255 g/mol. The smallest absolute Gasteiger partial charge is 0.239 e. The first kappa shape index (κ1) is 13.8. The van der Waals surface area contributed by atoms with E-state index in [1.54, 1.807) is 0 Å². The summed E-state index contributed by atoms with van der Waals surface area (Å²) in [5.74, 6) is 0.262. The van der Waals surface area contributed by atoms with Crippen molar-refractivity contribution in [3.8, 4) is 0 Å². The molecular weight excluding hydrogens is 230 g/mol. The highest BCUT2D eigenvalue weighted by Gasteiger charge is 2.31. The van der Waals surface area contributed by atoms with Gasteiger partial charge in [0.25, 0.3) is 0 Å². The van der Waals surface area contributed by atoms with Gasteiger partial charge in [-0.15, -0.1) is 0 Å². The summed E-state index contributed by atoms with van der Waals surface area (Å²) in [7, 11) is 0. The van der Waals surface area contributed by atoms with Crippen molar-refractivity contribution in [2.45, 2.75) is 39.0 Å². The summed E-state index contributed by atoms with van der Waals surface area (Å²) in [6.07, 6.45) is 0.430. The molecule has 0 aliphatic carbocycles. The highest BCUT2D eigenvalue weighted by atomic mass is 16.5. The Hall–Kier alpha value is -0.650. The lowest BCUT2D eigenvalue weighted by atomic mass is 10.1. The fourth-order valence-electron chi connectivity index (χ4n) is 2.84. The molecule has 2 fully saturated rings. The van der Waals surface area contributed by atoms with Crippen LogP contribution in [-0.2, 0) is 9.53 Å². The number of morpholine rings is 1. The Morgan fingerprint density at radius 3 is 2.33 bits per heavy atom. The summed E-state index contributed by atoms with van der Waals surface area (Å²) in [6.45, 7) is 11.4. The van der Waals surface area contributed by atoms with E-state index in [0.29, 0.717) is 0 Å². The van der Waals surface area contributed by atoms with Crippen LogP contribution in [0.15, 0.2) is 0 Å². The second-order valence-electron chi connectivity index (χ2n) is 5.46. The molecule has 2 heterocycles. The molecule has 3 atom stereocenters. The lowest BCUT2D eigenvalue weighted by molar-refractivity contribution is -0.142. The largest absolute Gasteiger partial charge is 0.373 e. The first-order valence-corrected chi connectivity index (χ1v) is 6.97. The van der Waals surface area contributed by atoms with Gasteiger partial charge in [-0.25, -0.2) is 0 Å². The van der Waals surface area contributed by atoms with Crippen LogP contribution in [0, 0.1) is 0 Å². The number of nitrogens with one attached hydrogen (secondary N) is 1. The molecule has 5 nitrogen and oxygen atoms in total. The number of carbonyl (C=O) groups excluding carboxylic acids is 1.